The predicted molar refractivity (Wildman–Crippen MR) is 163 cm³/mol. The number of ketones is 1. The quantitative estimate of drug-likeness (QED) is 0.245. The summed E-state index contributed by atoms with van der Waals surface area (Å²) in [5.41, 5.74) is 7.17. The average molecular weight is 562 g/mol. The summed E-state index contributed by atoms with van der Waals surface area (Å²) in [6.45, 7) is 9.35. The number of hydrogen-bond donors (Lipinski definition) is 0. The van der Waals surface area contributed by atoms with Gasteiger partial charge in [-0.1, -0.05) is 18.2 Å². The molecule has 0 aliphatic carbocycles. The van der Waals surface area contributed by atoms with E-state index in [0.717, 1.165) is 60.5 Å². The highest BCUT2D eigenvalue weighted by atomic mass is 16.5. The highest BCUT2D eigenvalue weighted by Crippen LogP contribution is 2.30. The number of carbonyl (C=O) groups is 1. The first kappa shape index (κ1) is 27.7. The number of pyridine rings is 1. The van der Waals surface area contributed by atoms with Crippen LogP contribution in [0.25, 0.3) is 22.6 Å². The number of carbonyl (C=O) groups excluding carboxylic acids is 1. The SMILES string of the molecule is Cc1ccc(Oc2nc(-c3ccncc3)nc3c2ncn3C)cc1CC(=O)c1ccc(CN2CCN(C)CC2)c(C)c1. The van der Waals surface area contributed by atoms with E-state index >= 15 is 0 Å². The molecule has 42 heavy (non-hydrogen) atoms. The van der Waals surface area contributed by atoms with Crippen LogP contribution in [0.3, 0.4) is 0 Å². The lowest BCUT2D eigenvalue weighted by molar-refractivity contribution is 0.0992. The minimum atomic E-state index is 0.0821. The molecule has 1 saturated heterocycles. The third-order valence-electron chi connectivity index (χ3n) is 8.01. The van der Waals surface area contributed by atoms with Crippen molar-refractivity contribution in [3.05, 3.63) is 95.1 Å². The minimum Gasteiger partial charge on any atom is -0.437 e. The van der Waals surface area contributed by atoms with Crippen LogP contribution >= 0.6 is 0 Å². The van der Waals surface area contributed by atoms with Crippen LogP contribution in [0.5, 0.6) is 11.6 Å². The van der Waals surface area contributed by atoms with E-state index in [1.165, 1.54) is 5.56 Å². The fourth-order valence-corrected chi connectivity index (χ4v) is 5.26. The van der Waals surface area contributed by atoms with E-state index in [0.29, 0.717) is 28.6 Å². The summed E-state index contributed by atoms with van der Waals surface area (Å²) < 4.78 is 8.14. The third-order valence-corrected chi connectivity index (χ3v) is 8.01. The molecule has 2 aromatic carbocycles. The lowest BCUT2D eigenvalue weighted by Gasteiger charge is -2.32. The number of Topliss-reactive ketones (excluding diaryl/α,β-unsaturated/α-hetero) is 1. The van der Waals surface area contributed by atoms with Crippen LogP contribution in [0.1, 0.15) is 32.6 Å². The van der Waals surface area contributed by atoms with Gasteiger partial charge in [0.05, 0.1) is 6.33 Å². The molecular formula is C33H35N7O2. The van der Waals surface area contributed by atoms with E-state index in [9.17, 15) is 4.79 Å². The maximum atomic E-state index is 13.4. The summed E-state index contributed by atoms with van der Waals surface area (Å²) >= 11 is 0. The predicted octanol–water partition coefficient (Wildman–Crippen LogP) is 5.01. The highest BCUT2D eigenvalue weighted by Gasteiger charge is 2.18. The van der Waals surface area contributed by atoms with Crippen molar-refractivity contribution >= 4 is 16.9 Å². The largest absolute Gasteiger partial charge is 0.437 e. The number of aromatic nitrogens is 5. The van der Waals surface area contributed by atoms with Crippen molar-refractivity contribution in [1.82, 2.24) is 34.3 Å². The Labute approximate surface area is 245 Å². The molecular weight excluding hydrogens is 526 g/mol. The van der Waals surface area contributed by atoms with E-state index < -0.39 is 0 Å². The van der Waals surface area contributed by atoms with Gasteiger partial charge in [0.2, 0.25) is 0 Å². The zero-order chi connectivity index (χ0) is 29.2. The molecule has 0 spiro atoms. The number of piperazine rings is 1. The molecule has 9 heteroatoms. The molecule has 0 radical (unpaired) electrons. The Kier molecular flexibility index (Phi) is 7.78. The first-order chi connectivity index (χ1) is 20.3. The number of likely N-dealkylation sites (N-methyl/N-ethyl adjacent to an activating group) is 1. The van der Waals surface area contributed by atoms with Gasteiger partial charge in [-0.05, 0) is 73.5 Å². The van der Waals surface area contributed by atoms with Gasteiger partial charge in [-0.25, -0.2) is 9.97 Å². The van der Waals surface area contributed by atoms with Crippen molar-refractivity contribution < 1.29 is 9.53 Å². The number of ether oxygens (including phenoxy) is 1. The van der Waals surface area contributed by atoms with E-state index in [2.05, 4.69) is 39.8 Å². The molecule has 0 saturated carbocycles. The molecule has 0 unspecified atom stereocenters. The Morgan fingerprint density at radius 3 is 2.43 bits per heavy atom. The highest BCUT2D eigenvalue weighted by molar-refractivity contribution is 5.98. The van der Waals surface area contributed by atoms with Gasteiger partial charge >= 0.3 is 0 Å². The fourth-order valence-electron chi connectivity index (χ4n) is 5.26. The molecule has 3 aromatic heterocycles. The van der Waals surface area contributed by atoms with Crippen molar-refractivity contribution in [2.45, 2.75) is 26.8 Å². The van der Waals surface area contributed by atoms with Gasteiger partial charge in [0, 0.05) is 69.7 Å². The summed E-state index contributed by atoms with van der Waals surface area (Å²) in [5, 5.41) is 0. The standard InChI is InChI=1S/C33H35N7O2/c1-22-5-8-28(42-33-30-32(39(4)21-35-30)36-31(37-33)24-9-11-34-12-10-24)18-27(22)19-29(41)25-6-7-26(23(2)17-25)20-40-15-13-38(3)14-16-40/h5-12,17-18,21H,13-16,19-20H2,1-4H3. The summed E-state index contributed by atoms with van der Waals surface area (Å²) in [7, 11) is 4.06. The van der Waals surface area contributed by atoms with Gasteiger partial charge in [0.1, 0.15) is 5.75 Å². The summed E-state index contributed by atoms with van der Waals surface area (Å²) in [5.74, 6) is 1.56. The number of nitrogens with zero attached hydrogens (tertiary/aromatic N) is 7. The van der Waals surface area contributed by atoms with Crippen LogP contribution in [0.2, 0.25) is 0 Å². The lowest BCUT2D eigenvalue weighted by atomic mass is 9.96. The Balaban J connectivity index is 1.21. The van der Waals surface area contributed by atoms with Crippen molar-refractivity contribution in [3.8, 4) is 23.0 Å². The maximum absolute atomic E-state index is 13.4. The average Bonchev–Trinajstić information content (AvgIpc) is 3.38. The molecule has 0 atom stereocenters. The van der Waals surface area contributed by atoms with Gasteiger partial charge in [-0.2, -0.15) is 4.98 Å². The van der Waals surface area contributed by atoms with Crippen molar-refractivity contribution in [1.29, 1.82) is 0 Å². The molecule has 1 aliphatic heterocycles. The minimum absolute atomic E-state index is 0.0821. The van der Waals surface area contributed by atoms with Crippen LogP contribution in [-0.2, 0) is 20.0 Å². The van der Waals surface area contributed by atoms with Crippen molar-refractivity contribution in [3.63, 3.8) is 0 Å². The van der Waals surface area contributed by atoms with E-state index in [-0.39, 0.29) is 12.2 Å². The first-order valence-corrected chi connectivity index (χ1v) is 14.2. The zero-order valence-corrected chi connectivity index (χ0v) is 24.5. The first-order valence-electron chi connectivity index (χ1n) is 14.2. The van der Waals surface area contributed by atoms with Crippen LogP contribution in [0.15, 0.2) is 67.3 Å². The van der Waals surface area contributed by atoms with Crippen LogP contribution in [-0.4, -0.2) is 73.3 Å². The van der Waals surface area contributed by atoms with Crippen molar-refractivity contribution in [2.24, 2.45) is 7.05 Å². The molecule has 0 N–H and O–H groups in total. The molecule has 1 aliphatic rings. The summed E-state index contributed by atoms with van der Waals surface area (Å²) in [4.78, 5) is 36.2. The summed E-state index contributed by atoms with van der Waals surface area (Å²) in [6, 6.07) is 15.6. The molecule has 4 heterocycles. The van der Waals surface area contributed by atoms with Gasteiger partial charge < -0.3 is 14.2 Å². The molecule has 5 aromatic rings. The third kappa shape index (κ3) is 5.93. The second kappa shape index (κ2) is 11.8. The van der Waals surface area contributed by atoms with Crippen LogP contribution < -0.4 is 4.74 Å². The van der Waals surface area contributed by atoms with E-state index in [4.69, 9.17) is 14.7 Å². The lowest BCUT2D eigenvalue weighted by Crippen LogP contribution is -2.43. The van der Waals surface area contributed by atoms with Gasteiger partial charge in [-0.3, -0.25) is 14.7 Å². The topological polar surface area (TPSA) is 89.3 Å². The van der Waals surface area contributed by atoms with E-state index in [1.807, 2.05) is 61.0 Å². The molecule has 0 bridgehead atoms. The monoisotopic (exact) mass is 561 g/mol. The van der Waals surface area contributed by atoms with Gasteiger partial charge in [0.25, 0.3) is 5.88 Å². The number of aryl methyl sites for hydroxylation is 3. The van der Waals surface area contributed by atoms with Crippen molar-refractivity contribution in [2.75, 3.05) is 33.2 Å². The zero-order valence-electron chi connectivity index (χ0n) is 24.5. The normalized spacial score (nSPS) is 14.4. The number of fused-ring (bicyclic) bond motifs is 1. The number of imidazole rings is 1. The molecule has 0 amide bonds. The molecule has 214 valence electrons. The molecule has 6 rings (SSSR count). The second-order valence-corrected chi connectivity index (χ2v) is 11.1. The second-order valence-electron chi connectivity index (χ2n) is 11.1. The van der Waals surface area contributed by atoms with Gasteiger partial charge in [0.15, 0.2) is 22.8 Å². The van der Waals surface area contributed by atoms with Crippen LogP contribution in [0.4, 0.5) is 0 Å². The number of hydrogen-bond acceptors (Lipinski definition) is 8. The molecule has 9 nitrogen and oxygen atoms in total. The maximum Gasteiger partial charge on any atom is 0.251 e. The number of rotatable bonds is 8. The van der Waals surface area contributed by atoms with Crippen LogP contribution in [0, 0.1) is 13.8 Å². The Bertz CT molecular complexity index is 1740. The van der Waals surface area contributed by atoms with E-state index in [1.54, 1.807) is 18.7 Å². The van der Waals surface area contributed by atoms with Gasteiger partial charge in [-0.15, -0.1) is 0 Å². The Morgan fingerprint density at radius 2 is 1.67 bits per heavy atom. The molecule has 1 fully saturated rings. The Hall–Kier alpha value is -4.47. The summed E-state index contributed by atoms with van der Waals surface area (Å²) in [6.07, 6.45) is 5.39. The smallest absolute Gasteiger partial charge is 0.251 e. The fraction of sp³-hybridized carbons (Fsp3) is 0.303. The number of benzene rings is 2. The Morgan fingerprint density at radius 1 is 0.881 bits per heavy atom.